The van der Waals surface area contributed by atoms with Gasteiger partial charge < -0.3 is 25.4 Å². The zero-order chi connectivity index (χ0) is 14.9. The van der Waals surface area contributed by atoms with Crippen molar-refractivity contribution in [2.24, 2.45) is 5.73 Å². The molecule has 0 fully saturated rings. The zero-order valence-electron chi connectivity index (χ0n) is 11.0. The van der Waals surface area contributed by atoms with Crippen molar-refractivity contribution in [3.05, 3.63) is 12.2 Å². The second-order valence-electron chi connectivity index (χ2n) is 3.48. The summed E-state index contributed by atoms with van der Waals surface area (Å²) in [6, 6.07) is -0.921. The number of aliphatic hydroxyl groups is 2. The van der Waals surface area contributed by atoms with Crippen LogP contribution in [0.4, 0.5) is 0 Å². The number of esters is 2. The van der Waals surface area contributed by atoms with Gasteiger partial charge in [0.2, 0.25) is 0 Å². The first-order valence-electron chi connectivity index (χ1n) is 5.15. The van der Waals surface area contributed by atoms with Crippen LogP contribution in [0, 0.1) is 0 Å². The Bertz CT molecular complexity index is 287. The molecule has 3 atom stereocenters. The van der Waals surface area contributed by atoms with Gasteiger partial charge in [0.05, 0.1) is 32.0 Å². The standard InChI is InChI=1S/C6H10O3.C5H11NO3/c1-4(5(2)7)6(8)9-3;1-3(7)4(6)5(8)9-2/h5,7H,1H2,2-3H3;3-4,7H,6H2,1-2H3. The van der Waals surface area contributed by atoms with E-state index in [-0.39, 0.29) is 5.57 Å². The molecule has 7 nitrogen and oxygen atoms in total. The maximum Gasteiger partial charge on any atom is 0.335 e. The average Bonchev–Trinajstić information content (AvgIpc) is 2.35. The molecule has 0 rings (SSSR count). The maximum absolute atomic E-state index is 10.5. The Balaban J connectivity index is 0. The van der Waals surface area contributed by atoms with Crippen LogP contribution in [0.2, 0.25) is 0 Å². The molecule has 0 saturated heterocycles. The lowest BCUT2D eigenvalue weighted by Crippen LogP contribution is -2.40. The quantitative estimate of drug-likeness (QED) is 0.438. The largest absolute Gasteiger partial charge is 0.468 e. The van der Waals surface area contributed by atoms with E-state index in [1.807, 2.05) is 0 Å². The molecule has 0 radical (unpaired) electrons. The SMILES string of the molecule is C=C(C(=O)OC)C(C)O.COC(=O)C(N)C(C)O. The van der Waals surface area contributed by atoms with Crippen molar-refractivity contribution < 1.29 is 29.3 Å². The van der Waals surface area contributed by atoms with Crippen molar-refractivity contribution in [2.45, 2.75) is 32.1 Å². The molecule has 0 aromatic heterocycles. The summed E-state index contributed by atoms with van der Waals surface area (Å²) in [7, 11) is 2.47. The highest BCUT2D eigenvalue weighted by atomic mass is 16.5. The molecule has 3 unspecified atom stereocenters. The fourth-order valence-corrected chi connectivity index (χ4v) is 0.635. The number of rotatable bonds is 4. The Labute approximate surface area is 106 Å². The molecule has 0 aliphatic carbocycles. The van der Waals surface area contributed by atoms with E-state index in [4.69, 9.17) is 15.9 Å². The highest BCUT2D eigenvalue weighted by Crippen LogP contribution is 1.98. The first kappa shape index (κ1) is 18.9. The van der Waals surface area contributed by atoms with Crippen molar-refractivity contribution in [2.75, 3.05) is 14.2 Å². The van der Waals surface area contributed by atoms with Crippen molar-refractivity contribution in [3.63, 3.8) is 0 Å². The van der Waals surface area contributed by atoms with Crippen molar-refractivity contribution in [1.29, 1.82) is 0 Å². The van der Waals surface area contributed by atoms with Gasteiger partial charge >= 0.3 is 11.9 Å². The van der Waals surface area contributed by atoms with Crippen LogP contribution in [-0.4, -0.2) is 54.6 Å². The number of ether oxygens (including phenoxy) is 2. The maximum atomic E-state index is 10.5. The van der Waals surface area contributed by atoms with Crippen LogP contribution in [0.15, 0.2) is 12.2 Å². The van der Waals surface area contributed by atoms with Gasteiger partial charge in [-0.25, -0.2) is 4.79 Å². The Hall–Kier alpha value is -1.44. The normalized spacial score (nSPS) is 14.4. The molecular formula is C11H21NO6. The monoisotopic (exact) mass is 263 g/mol. The van der Waals surface area contributed by atoms with Gasteiger partial charge in [-0.1, -0.05) is 6.58 Å². The molecule has 0 amide bonds. The molecule has 0 bridgehead atoms. The summed E-state index contributed by atoms with van der Waals surface area (Å²) in [6.07, 6.45) is -1.67. The molecule has 0 heterocycles. The van der Waals surface area contributed by atoms with Gasteiger partial charge in [0, 0.05) is 0 Å². The van der Waals surface area contributed by atoms with E-state index < -0.39 is 30.2 Å². The topological polar surface area (TPSA) is 119 Å². The summed E-state index contributed by atoms with van der Waals surface area (Å²) < 4.78 is 8.52. The third-order valence-electron chi connectivity index (χ3n) is 1.94. The number of nitrogens with two attached hydrogens (primary N) is 1. The summed E-state index contributed by atoms with van der Waals surface area (Å²) in [5, 5.41) is 17.4. The summed E-state index contributed by atoms with van der Waals surface area (Å²) in [5.41, 5.74) is 5.23. The van der Waals surface area contributed by atoms with E-state index >= 15 is 0 Å². The first-order chi connectivity index (χ1) is 8.18. The molecule has 106 valence electrons. The van der Waals surface area contributed by atoms with Gasteiger partial charge in [0.15, 0.2) is 0 Å². The molecule has 4 N–H and O–H groups in total. The van der Waals surface area contributed by atoms with Crippen LogP contribution < -0.4 is 5.73 Å². The smallest absolute Gasteiger partial charge is 0.335 e. The van der Waals surface area contributed by atoms with Crippen molar-refractivity contribution >= 4 is 11.9 Å². The third-order valence-corrected chi connectivity index (χ3v) is 1.94. The second-order valence-corrected chi connectivity index (χ2v) is 3.48. The van der Waals surface area contributed by atoms with Gasteiger partial charge in [0.1, 0.15) is 6.04 Å². The molecule has 7 heteroatoms. The fourth-order valence-electron chi connectivity index (χ4n) is 0.635. The van der Waals surface area contributed by atoms with Crippen LogP contribution in [0.3, 0.4) is 0 Å². The van der Waals surface area contributed by atoms with Crippen LogP contribution >= 0.6 is 0 Å². The lowest BCUT2D eigenvalue weighted by atomic mass is 10.2. The predicted octanol–water partition coefficient (Wildman–Crippen LogP) is -1.04. The minimum absolute atomic E-state index is 0.0810. The number of hydrogen-bond acceptors (Lipinski definition) is 7. The predicted molar refractivity (Wildman–Crippen MR) is 64.5 cm³/mol. The van der Waals surface area contributed by atoms with E-state index in [1.54, 1.807) is 0 Å². The van der Waals surface area contributed by atoms with Crippen molar-refractivity contribution in [3.8, 4) is 0 Å². The number of carbonyl (C=O) groups excluding carboxylic acids is 2. The van der Waals surface area contributed by atoms with Crippen LogP contribution in [0.25, 0.3) is 0 Å². The van der Waals surface area contributed by atoms with E-state index in [1.165, 1.54) is 28.1 Å². The van der Waals surface area contributed by atoms with E-state index in [2.05, 4.69) is 16.1 Å². The summed E-state index contributed by atoms with van der Waals surface area (Å²) in [4.78, 5) is 20.9. The van der Waals surface area contributed by atoms with Gasteiger partial charge in [-0.15, -0.1) is 0 Å². The fraction of sp³-hybridized carbons (Fsp3) is 0.636. The Morgan fingerprint density at radius 3 is 1.72 bits per heavy atom. The molecule has 0 saturated carbocycles. The van der Waals surface area contributed by atoms with Gasteiger partial charge in [-0.3, -0.25) is 4.79 Å². The molecule has 0 aromatic rings. The minimum atomic E-state index is -0.921. The number of aliphatic hydroxyl groups excluding tert-OH is 2. The second kappa shape index (κ2) is 9.58. The van der Waals surface area contributed by atoms with Gasteiger partial charge in [-0.05, 0) is 13.8 Å². The summed E-state index contributed by atoms with van der Waals surface area (Å²) in [5.74, 6) is -1.16. The summed E-state index contributed by atoms with van der Waals surface area (Å²) in [6.45, 7) is 6.19. The first-order valence-corrected chi connectivity index (χ1v) is 5.15. The molecule has 0 aliphatic heterocycles. The Morgan fingerprint density at radius 2 is 1.61 bits per heavy atom. The Kier molecular flexibility index (Phi) is 10.1. The number of carbonyl (C=O) groups is 2. The van der Waals surface area contributed by atoms with E-state index in [0.29, 0.717) is 0 Å². The average molecular weight is 263 g/mol. The number of hydrogen-bond donors (Lipinski definition) is 3. The van der Waals surface area contributed by atoms with Crippen LogP contribution in [-0.2, 0) is 19.1 Å². The zero-order valence-corrected chi connectivity index (χ0v) is 11.0. The highest BCUT2D eigenvalue weighted by molar-refractivity contribution is 5.88. The lowest BCUT2D eigenvalue weighted by Gasteiger charge is -2.10. The van der Waals surface area contributed by atoms with Gasteiger partial charge in [0.25, 0.3) is 0 Å². The third kappa shape index (κ3) is 7.77. The summed E-state index contributed by atoms with van der Waals surface area (Å²) >= 11 is 0. The van der Waals surface area contributed by atoms with Crippen molar-refractivity contribution in [1.82, 2.24) is 0 Å². The minimum Gasteiger partial charge on any atom is -0.468 e. The highest BCUT2D eigenvalue weighted by Gasteiger charge is 2.18. The number of methoxy groups -OCH3 is 2. The molecule has 0 aliphatic rings. The van der Waals surface area contributed by atoms with Gasteiger partial charge in [-0.2, -0.15) is 0 Å². The van der Waals surface area contributed by atoms with E-state index in [0.717, 1.165) is 0 Å². The molecule has 0 aromatic carbocycles. The lowest BCUT2D eigenvalue weighted by molar-refractivity contribution is -0.144. The van der Waals surface area contributed by atoms with Crippen LogP contribution in [0.1, 0.15) is 13.8 Å². The molecule has 18 heavy (non-hydrogen) atoms. The molecular weight excluding hydrogens is 242 g/mol. The van der Waals surface area contributed by atoms with Crippen LogP contribution in [0.5, 0.6) is 0 Å². The Morgan fingerprint density at radius 1 is 1.17 bits per heavy atom. The molecule has 0 spiro atoms. The van der Waals surface area contributed by atoms with E-state index in [9.17, 15) is 9.59 Å².